The molecule has 5 rings (SSSR count). The monoisotopic (exact) mass is 524 g/mol. The molecule has 7 nitrogen and oxygen atoms in total. The minimum Gasteiger partial charge on any atom is -0.497 e. The molecule has 0 aliphatic carbocycles. The van der Waals surface area contributed by atoms with Crippen LogP contribution in [0.1, 0.15) is 29.3 Å². The van der Waals surface area contributed by atoms with Crippen LogP contribution in [0.4, 0.5) is 5.69 Å². The second-order valence-corrected chi connectivity index (χ2v) is 10.3. The molecule has 2 heterocycles. The second kappa shape index (κ2) is 11.7. The van der Waals surface area contributed by atoms with E-state index in [1.54, 1.807) is 25.4 Å². The third kappa shape index (κ3) is 5.83. The molecule has 1 atom stereocenters. The fourth-order valence-electron chi connectivity index (χ4n) is 5.45. The van der Waals surface area contributed by atoms with Crippen molar-refractivity contribution in [3.63, 3.8) is 0 Å². The van der Waals surface area contributed by atoms with Crippen LogP contribution >= 0.6 is 0 Å². The summed E-state index contributed by atoms with van der Waals surface area (Å²) in [6.07, 6.45) is 2.50. The van der Waals surface area contributed by atoms with Gasteiger partial charge in [-0.05, 0) is 62.7 Å². The van der Waals surface area contributed by atoms with Crippen LogP contribution in [0.3, 0.4) is 0 Å². The maximum absolute atomic E-state index is 13.3. The van der Waals surface area contributed by atoms with E-state index >= 15 is 0 Å². The number of amides is 1. The Bertz CT molecular complexity index is 1530. The third-order valence-corrected chi connectivity index (χ3v) is 7.48. The molecule has 0 bridgehead atoms. The number of ether oxygens (including phenoxy) is 1. The van der Waals surface area contributed by atoms with Crippen molar-refractivity contribution in [2.45, 2.75) is 26.3 Å². The molecule has 1 aliphatic rings. The van der Waals surface area contributed by atoms with Crippen molar-refractivity contribution in [2.75, 3.05) is 44.7 Å². The molecule has 1 fully saturated rings. The van der Waals surface area contributed by atoms with Gasteiger partial charge < -0.3 is 15.0 Å². The summed E-state index contributed by atoms with van der Waals surface area (Å²) < 4.78 is 6.86. The average molecular weight is 525 g/mol. The highest BCUT2D eigenvalue weighted by atomic mass is 16.5. The summed E-state index contributed by atoms with van der Waals surface area (Å²) >= 11 is 0. The van der Waals surface area contributed by atoms with E-state index in [0.29, 0.717) is 40.4 Å². The smallest absolute Gasteiger partial charge is 0.262 e. The van der Waals surface area contributed by atoms with E-state index in [1.807, 2.05) is 36.4 Å². The summed E-state index contributed by atoms with van der Waals surface area (Å²) in [7, 11) is 1.59. The van der Waals surface area contributed by atoms with E-state index in [9.17, 15) is 9.59 Å². The van der Waals surface area contributed by atoms with Gasteiger partial charge in [-0.3, -0.25) is 19.1 Å². The van der Waals surface area contributed by atoms with Gasteiger partial charge in [-0.25, -0.2) is 0 Å². The van der Waals surface area contributed by atoms with E-state index in [2.05, 4.69) is 53.2 Å². The van der Waals surface area contributed by atoms with Gasteiger partial charge in [-0.15, -0.1) is 0 Å². The van der Waals surface area contributed by atoms with E-state index in [4.69, 9.17) is 4.74 Å². The van der Waals surface area contributed by atoms with Crippen LogP contribution in [0.15, 0.2) is 83.8 Å². The van der Waals surface area contributed by atoms with Gasteiger partial charge in [0.25, 0.3) is 11.5 Å². The number of nitrogens with one attached hydrogen (secondary N) is 1. The van der Waals surface area contributed by atoms with Crippen LogP contribution < -0.4 is 20.5 Å². The molecule has 3 aromatic carbocycles. The zero-order chi connectivity index (χ0) is 27.4. The van der Waals surface area contributed by atoms with Crippen molar-refractivity contribution in [1.82, 2.24) is 14.8 Å². The number of benzene rings is 3. The fourth-order valence-corrected chi connectivity index (χ4v) is 5.45. The molecule has 1 N–H and O–H groups in total. The number of carbonyl (C=O) groups is 1. The molecule has 1 aromatic heterocycles. The highest BCUT2D eigenvalue weighted by Gasteiger charge is 2.23. The van der Waals surface area contributed by atoms with E-state index in [0.717, 1.165) is 32.6 Å². The lowest BCUT2D eigenvalue weighted by molar-refractivity contribution is 0.0952. The van der Waals surface area contributed by atoms with E-state index in [1.165, 1.54) is 15.8 Å². The summed E-state index contributed by atoms with van der Waals surface area (Å²) in [4.78, 5) is 31.6. The number of methoxy groups -OCH3 is 1. The minimum atomic E-state index is -0.180. The molecule has 0 unspecified atom stereocenters. The Hall–Kier alpha value is -4.10. The van der Waals surface area contributed by atoms with Crippen LogP contribution in [0.5, 0.6) is 5.75 Å². The molecule has 1 aliphatic heterocycles. The zero-order valence-corrected chi connectivity index (χ0v) is 22.9. The molecular formula is C32H36N4O3. The number of rotatable bonds is 8. The molecular weight excluding hydrogens is 488 g/mol. The predicted octanol–water partition coefficient (Wildman–Crippen LogP) is 4.64. The van der Waals surface area contributed by atoms with Gasteiger partial charge >= 0.3 is 0 Å². The zero-order valence-electron chi connectivity index (χ0n) is 22.9. The predicted molar refractivity (Wildman–Crippen MR) is 157 cm³/mol. The Kier molecular flexibility index (Phi) is 7.98. The first kappa shape index (κ1) is 26.5. The number of hydrogen-bond donors (Lipinski definition) is 1. The Morgan fingerprint density at radius 3 is 2.51 bits per heavy atom. The minimum absolute atomic E-state index is 0.172. The molecule has 7 heteroatoms. The first-order valence-corrected chi connectivity index (χ1v) is 13.6. The van der Waals surface area contributed by atoms with Crippen LogP contribution in [0.2, 0.25) is 0 Å². The summed E-state index contributed by atoms with van der Waals surface area (Å²) in [5, 5.41) is 4.25. The molecule has 0 saturated carbocycles. The van der Waals surface area contributed by atoms with Gasteiger partial charge in [0.2, 0.25) is 0 Å². The number of anilines is 1. The second-order valence-electron chi connectivity index (χ2n) is 10.3. The standard InChI is InChI=1S/C32H36N4O3/c1-23-9-6-10-25(19-23)35-18-17-34(21-24(35)2)16-8-15-33-31(37)30-22-36(26-11-7-12-27(20-26)39-3)32(38)29-14-5-4-13-28(29)30/h4-7,9-14,19-20,22,24H,8,15-18,21H2,1-3H3,(H,33,37)/t24-/m1/s1. The van der Waals surface area contributed by atoms with Gasteiger partial charge in [0.05, 0.1) is 18.4 Å². The Morgan fingerprint density at radius 2 is 1.74 bits per heavy atom. The maximum Gasteiger partial charge on any atom is 0.262 e. The summed E-state index contributed by atoms with van der Waals surface area (Å²) in [5.74, 6) is 0.466. The van der Waals surface area contributed by atoms with E-state index in [-0.39, 0.29) is 11.5 Å². The lowest BCUT2D eigenvalue weighted by Crippen LogP contribution is -2.52. The Balaban J connectivity index is 1.23. The SMILES string of the molecule is COc1cccc(-n2cc(C(=O)NCCCN3CCN(c4cccc(C)c4)[C@H](C)C3)c3ccccc3c2=O)c1. The van der Waals surface area contributed by atoms with Crippen LogP contribution in [-0.4, -0.2) is 61.2 Å². The molecule has 0 radical (unpaired) electrons. The summed E-state index contributed by atoms with van der Waals surface area (Å²) in [6.45, 7) is 8.90. The lowest BCUT2D eigenvalue weighted by Gasteiger charge is -2.41. The van der Waals surface area contributed by atoms with Crippen molar-refractivity contribution in [3.8, 4) is 11.4 Å². The quantitative estimate of drug-likeness (QED) is 0.340. The van der Waals surface area contributed by atoms with Crippen LogP contribution in [-0.2, 0) is 0 Å². The number of fused-ring (bicyclic) bond motifs is 1. The largest absolute Gasteiger partial charge is 0.497 e. The first-order chi connectivity index (χ1) is 18.9. The van der Waals surface area contributed by atoms with Gasteiger partial charge in [-0.2, -0.15) is 0 Å². The Morgan fingerprint density at radius 1 is 0.974 bits per heavy atom. The van der Waals surface area contributed by atoms with Gasteiger partial charge in [0, 0.05) is 60.9 Å². The van der Waals surface area contributed by atoms with Crippen molar-refractivity contribution in [1.29, 1.82) is 0 Å². The third-order valence-electron chi connectivity index (χ3n) is 7.48. The molecule has 39 heavy (non-hydrogen) atoms. The maximum atomic E-state index is 13.3. The van der Waals surface area contributed by atoms with Gasteiger partial charge in [0.1, 0.15) is 5.75 Å². The van der Waals surface area contributed by atoms with Crippen LogP contribution in [0, 0.1) is 6.92 Å². The van der Waals surface area contributed by atoms with Crippen molar-refractivity contribution in [2.24, 2.45) is 0 Å². The number of carbonyl (C=O) groups excluding carboxylic acids is 1. The number of hydrogen-bond acceptors (Lipinski definition) is 5. The summed E-state index contributed by atoms with van der Waals surface area (Å²) in [6, 6.07) is 23.7. The lowest BCUT2D eigenvalue weighted by atomic mass is 10.1. The van der Waals surface area contributed by atoms with Crippen LogP contribution in [0.25, 0.3) is 16.5 Å². The number of pyridine rings is 1. The molecule has 0 spiro atoms. The fraction of sp³-hybridized carbons (Fsp3) is 0.312. The summed E-state index contributed by atoms with van der Waals surface area (Å²) in [5.41, 5.74) is 3.53. The molecule has 1 amide bonds. The van der Waals surface area contributed by atoms with Crippen molar-refractivity contribution in [3.05, 3.63) is 100 Å². The van der Waals surface area contributed by atoms with E-state index < -0.39 is 0 Å². The highest BCUT2D eigenvalue weighted by Crippen LogP contribution is 2.22. The molecule has 202 valence electrons. The first-order valence-electron chi connectivity index (χ1n) is 13.6. The number of aryl methyl sites for hydroxylation is 1. The topological polar surface area (TPSA) is 66.8 Å². The van der Waals surface area contributed by atoms with Gasteiger partial charge in [-0.1, -0.05) is 36.4 Å². The van der Waals surface area contributed by atoms with Crippen molar-refractivity contribution >= 4 is 22.4 Å². The molecule has 1 saturated heterocycles. The number of aromatic nitrogens is 1. The average Bonchev–Trinajstić information content (AvgIpc) is 2.95. The molecule has 4 aromatic rings. The van der Waals surface area contributed by atoms with Crippen molar-refractivity contribution < 1.29 is 9.53 Å². The number of nitrogens with zero attached hydrogens (tertiary/aromatic N) is 3. The normalized spacial score (nSPS) is 15.9. The van der Waals surface area contributed by atoms with Gasteiger partial charge in [0.15, 0.2) is 0 Å². The highest BCUT2D eigenvalue weighted by molar-refractivity contribution is 6.06. The number of piperazine rings is 1. The Labute approximate surface area is 229 Å².